The van der Waals surface area contributed by atoms with Crippen molar-refractivity contribution >= 4 is 11.5 Å². The highest BCUT2D eigenvalue weighted by Crippen LogP contribution is 2.25. The summed E-state index contributed by atoms with van der Waals surface area (Å²) in [6.45, 7) is 0.540. The average Bonchev–Trinajstić information content (AvgIpc) is 2.74. The lowest BCUT2D eigenvalue weighted by Gasteiger charge is -2.26. The van der Waals surface area contributed by atoms with E-state index in [0.29, 0.717) is 12.6 Å². The number of hydrogen-bond donors (Lipinski definition) is 3. The number of aliphatic hydroxyl groups is 1. The van der Waals surface area contributed by atoms with Crippen LogP contribution in [-0.4, -0.2) is 27.2 Å². The molecule has 29 heavy (non-hydrogen) atoms. The van der Waals surface area contributed by atoms with Gasteiger partial charge in [0.1, 0.15) is 11.6 Å². The molecule has 2 heterocycles. The monoisotopic (exact) mass is 392 g/mol. The summed E-state index contributed by atoms with van der Waals surface area (Å²) in [5.74, 6) is 0.591. The van der Waals surface area contributed by atoms with E-state index in [0.717, 1.165) is 54.0 Å². The minimum absolute atomic E-state index is 0.167. The Morgan fingerprint density at radius 1 is 0.966 bits per heavy atom. The molecule has 1 aliphatic carbocycles. The molecule has 0 atom stereocenters. The first-order valence-electron chi connectivity index (χ1n) is 10.0. The second-order valence-corrected chi connectivity index (χ2v) is 7.49. The maximum atomic E-state index is 13.3. The average molecular weight is 392 g/mol. The van der Waals surface area contributed by atoms with Crippen molar-refractivity contribution in [1.29, 1.82) is 0 Å². The van der Waals surface area contributed by atoms with Crippen LogP contribution in [0.4, 0.5) is 15.9 Å². The van der Waals surface area contributed by atoms with Crippen molar-refractivity contribution in [2.24, 2.45) is 0 Å². The van der Waals surface area contributed by atoms with Crippen LogP contribution in [0.15, 0.2) is 60.9 Å². The van der Waals surface area contributed by atoms with Gasteiger partial charge in [-0.1, -0.05) is 12.1 Å². The molecule has 0 unspecified atom stereocenters. The predicted molar refractivity (Wildman–Crippen MR) is 113 cm³/mol. The Balaban J connectivity index is 1.43. The van der Waals surface area contributed by atoms with Gasteiger partial charge >= 0.3 is 0 Å². The molecule has 0 spiro atoms. The van der Waals surface area contributed by atoms with Gasteiger partial charge in [0, 0.05) is 36.2 Å². The van der Waals surface area contributed by atoms with E-state index in [1.54, 1.807) is 18.5 Å². The van der Waals surface area contributed by atoms with E-state index < -0.39 is 0 Å². The van der Waals surface area contributed by atoms with Crippen LogP contribution in [0.1, 0.15) is 31.2 Å². The third-order valence-corrected chi connectivity index (χ3v) is 5.25. The van der Waals surface area contributed by atoms with Gasteiger partial charge in [-0.05, 0) is 67.6 Å². The van der Waals surface area contributed by atoms with Gasteiger partial charge < -0.3 is 15.7 Å². The van der Waals surface area contributed by atoms with Gasteiger partial charge in [0.25, 0.3) is 0 Å². The molecule has 0 saturated heterocycles. The minimum Gasteiger partial charge on any atom is -0.393 e. The second kappa shape index (κ2) is 9.01. The lowest BCUT2D eigenvalue weighted by Crippen LogP contribution is -2.28. The van der Waals surface area contributed by atoms with Crippen LogP contribution in [0, 0.1) is 5.82 Å². The van der Waals surface area contributed by atoms with Crippen LogP contribution >= 0.6 is 0 Å². The molecular weight excluding hydrogens is 367 g/mol. The summed E-state index contributed by atoms with van der Waals surface area (Å²) >= 11 is 0. The fourth-order valence-corrected chi connectivity index (χ4v) is 3.65. The first kappa shape index (κ1) is 19.3. The number of nitrogens with zero attached hydrogens (tertiary/aromatic N) is 2. The SMILES string of the molecule is OC1CCC(Nc2cc(-c3cc(NCc4cccc(F)c4)ccn3)ccn2)CC1. The number of anilines is 2. The van der Waals surface area contributed by atoms with Crippen molar-refractivity contribution in [2.45, 2.75) is 44.4 Å². The number of hydrogen-bond acceptors (Lipinski definition) is 5. The van der Waals surface area contributed by atoms with Crippen molar-refractivity contribution in [3.63, 3.8) is 0 Å². The number of halogens is 1. The Morgan fingerprint density at radius 2 is 1.79 bits per heavy atom. The normalized spacial score (nSPS) is 19.0. The molecule has 0 radical (unpaired) electrons. The van der Waals surface area contributed by atoms with Crippen LogP contribution in [0.5, 0.6) is 0 Å². The van der Waals surface area contributed by atoms with Gasteiger partial charge in [-0.3, -0.25) is 4.98 Å². The fraction of sp³-hybridized carbons (Fsp3) is 0.304. The molecule has 3 aromatic rings. The summed E-state index contributed by atoms with van der Waals surface area (Å²) in [6, 6.07) is 14.7. The highest BCUT2D eigenvalue weighted by atomic mass is 19.1. The van der Waals surface area contributed by atoms with Gasteiger partial charge in [0.05, 0.1) is 11.8 Å². The van der Waals surface area contributed by atoms with Gasteiger partial charge in [-0.15, -0.1) is 0 Å². The van der Waals surface area contributed by atoms with Crippen LogP contribution in [0.2, 0.25) is 0 Å². The van der Waals surface area contributed by atoms with Crippen LogP contribution in [0.3, 0.4) is 0 Å². The first-order valence-corrected chi connectivity index (χ1v) is 10.0. The molecular formula is C23H25FN4O. The topological polar surface area (TPSA) is 70.1 Å². The quantitative estimate of drug-likeness (QED) is 0.571. The first-order chi connectivity index (χ1) is 14.2. The maximum Gasteiger partial charge on any atom is 0.126 e. The van der Waals surface area contributed by atoms with E-state index in [-0.39, 0.29) is 11.9 Å². The number of nitrogens with one attached hydrogen (secondary N) is 2. The summed E-state index contributed by atoms with van der Waals surface area (Å²) in [7, 11) is 0. The zero-order chi connectivity index (χ0) is 20.1. The van der Waals surface area contributed by atoms with Crippen molar-refractivity contribution in [3.05, 3.63) is 72.3 Å². The molecule has 1 fully saturated rings. The summed E-state index contributed by atoms with van der Waals surface area (Å²) in [5, 5.41) is 16.5. The molecule has 2 aromatic heterocycles. The van der Waals surface area contributed by atoms with E-state index >= 15 is 0 Å². The summed E-state index contributed by atoms with van der Waals surface area (Å²) in [5.41, 5.74) is 3.63. The smallest absolute Gasteiger partial charge is 0.126 e. The van der Waals surface area contributed by atoms with E-state index in [1.165, 1.54) is 12.1 Å². The molecule has 0 aliphatic heterocycles. The molecule has 1 aromatic carbocycles. The predicted octanol–water partition coefficient (Wildman–Crippen LogP) is 4.61. The van der Waals surface area contributed by atoms with Crippen LogP contribution in [0.25, 0.3) is 11.3 Å². The maximum absolute atomic E-state index is 13.3. The molecule has 0 amide bonds. The third kappa shape index (κ3) is 5.29. The summed E-state index contributed by atoms with van der Waals surface area (Å²) < 4.78 is 13.3. The Hall–Kier alpha value is -2.99. The van der Waals surface area contributed by atoms with E-state index in [9.17, 15) is 9.50 Å². The molecule has 5 nitrogen and oxygen atoms in total. The van der Waals surface area contributed by atoms with Gasteiger partial charge in [0.15, 0.2) is 0 Å². The van der Waals surface area contributed by atoms with Crippen molar-refractivity contribution in [2.75, 3.05) is 10.6 Å². The zero-order valence-corrected chi connectivity index (χ0v) is 16.2. The lowest BCUT2D eigenvalue weighted by atomic mass is 9.93. The number of pyridine rings is 2. The Bertz CT molecular complexity index is 957. The Labute approximate surface area is 170 Å². The van der Waals surface area contributed by atoms with Crippen LogP contribution < -0.4 is 10.6 Å². The summed E-state index contributed by atoms with van der Waals surface area (Å²) in [4.78, 5) is 8.92. The highest BCUT2D eigenvalue weighted by molar-refractivity contribution is 5.66. The van der Waals surface area contributed by atoms with Crippen molar-refractivity contribution in [1.82, 2.24) is 9.97 Å². The number of aromatic nitrogens is 2. The molecule has 4 rings (SSSR count). The van der Waals surface area contributed by atoms with E-state index in [4.69, 9.17) is 0 Å². The molecule has 1 saturated carbocycles. The molecule has 6 heteroatoms. The molecule has 1 aliphatic rings. The standard InChI is InChI=1S/C23H25FN4O/c24-18-3-1-2-16(12-18)15-27-20-9-11-25-22(14-20)17-8-10-26-23(13-17)28-19-4-6-21(29)7-5-19/h1-3,8-14,19,21,29H,4-7,15H2,(H,25,27)(H,26,28). The number of benzene rings is 1. The minimum atomic E-state index is -0.232. The fourth-order valence-electron chi connectivity index (χ4n) is 3.65. The Morgan fingerprint density at radius 3 is 2.62 bits per heavy atom. The highest BCUT2D eigenvalue weighted by Gasteiger charge is 2.19. The second-order valence-electron chi connectivity index (χ2n) is 7.49. The van der Waals surface area contributed by atoms with Gasteiger partial charge in [-0.2, -0.15) is 0 Å². The molecule has 150 valence electrons. The van der Waals surface area contributed by atoms with Gasteiger partial charge in [0.2, 0.25) is 0 Å². The molecule has 3 N–H and O–H groups in total. The number of rotatable bonds is 6. The Kier molecular flexibility index (Phi) is 6.00. The van der Waals surface area contributed by atoms with E-state index in [1.807, 2.05) is 30.3 Å². The lowest BCUT2D eigenvalue weighted by molar-refractivity contribution is 0.126. The van der Waals surface area contributed by atoms with Crippen LogP contribution in [-0.2, 0) is 6.54 Å². The largest absolute Gasteiger partial charge is 0.393 e. The zero-order valence-electron chi connectivity index (χ0n) is 16.2. The summed E-state index contributed by atoms with van der Waals surface area (Å²) in [6.07, 6.45) is 6.94. The van der Waals surface area contributed by atoms with Crippen molar-refractivity contribution < 1.29 is 9.50 Å². The van der Waals surface area contributed by atoms with Gasteiger partial charge in [-0.25, -0.2) is 9.37 Å². The molecule has 0 bridgehead atoms. The number of aliphatic hydroxyl groups excluding tert-OH is 1. The third-order valence-electron chi connectivity index (χ3n) is 5.25. The van der Waals surface area contributed by atoms with Crippen molar-refractivity contribution in [3.8, 4) is 11.3 Å². The van der Waals surface area contributed by atoms with E-state index in [2.05, 4.69) is 20.6 Å².